The summed E-state index contributed by atoms with van der Waals surface area (Å²) in [7, 11) is -3.95. The molecule has 0 radical (unpaired) electrons. The van der Waals surface area contributed by atoms with Crippen molar-refractivity contribution in [1.82, 2.24) is 4.31 Å². The third kappa shape index (κ3) is 4.14. The summed E-state index contributed by atoms with van der Waals surface area (Å²) in [4.78, 5) is 25.9. The molecule has 6 rings (SSSR count). The van der Waals surface area contributed by atoms with Gasteiger partial charge in [0.15, 0.2) is 11.9 Å². The standard InChI is InChI=1S/C25H32FNO5S/c1-16(23(28)25-13-17-10-18(14-25)12-19(11-17)15-25)32-24(29)20-6-8-27(9-7-20)33(30,31)22-5-3-2-4-21(22)26/h2-5,16-20H,6-15H2,1H3/t16-,17?,18?,19?,25?/m1/s1. The number of hydrogen-bond acceptors (Lipinski definition) is 5. The molecule has 8 heteroatoms. The summed E-state index contributed by atoms with van der Waals surface area (Å²) in [6.07, 6.45) is 6.37. The smallest absolute Gasteiger partial charge is 0.309 e. The molecule has 1 aliphatic heterocycles. The van der Waals surface area contributed by atoms with E-state index < -0.39 is 33.8 Å². The number of esters is 1. The first kappa shape index (κ1) is 23.0. The Balaban J connectivity index is 1.18. The van der Waals surface area contributed by atoms with E-state index in [9.17, 15) is 22.4 Å². The summed E-state index contributed by atoms with van der Waals surface area (Å²) in [6, 6.07) is 5.31. The summed E-state index contributed by atoms with van der Waals surface area (Å²) in [6.45, 7) is 1.93. The van der Waals surface area contributed by atoms with Crippen LogP contribution in [0.2, 0.25) is 0 Å². The van der Waals surface area contributed by atoms with Crippen LogP contribution in [-0.4, -0.2) is 43.7 Å². The monoisotopic (exact) mass is 477 g/mol. The molecule has 6 nitrogen and oxygen atoms in total. The Kier molecular flexibility index (Phi) is 5.88. The number of carbonyl (C=O) groups is 2. The lowest BCUT2D eigenvalue weighted by molar-refractivity contribution is -0.168. The molecule has 33 heavy (non-hydrogen) atoms. The minimum Gasteiger partial charge on any atom is -0.454 e. The summed E-state index contributed by atoms with van der Waals surface area (Å²) in [5.74, 6) is 0.342. The molecule has 1 saturated heterocycles. The Morgan fingerprint density at radius 1 is 1.03 bits per heavy atom. The molecule has 1 atom stereocenters. The molecule has 1 heterocycles. The van der Waals surface area contributed by atoms with Gasteiger partial charge in [-0.25, -0.2) is 12.8 Å². The lowest BCUT2D eigenvalue weighted by Gasteiger charge is -2.56. The zero-order valence-electron chi connectivity index (χ0n) is 19.0. The van der Waals surface area contributed by atoms with Gasteiger partial charge in [0, 0.05) is 18.5 Å². The lowest BCUT2D eigenvalue weighted by atomic mass is 9.48. The number of hydrogen-bond donors (Lipinski definition) is 0. The third-order valence-electron chi connectivity index (χ3n) is 8.46. The summed E-state index contributed by atoms with van der Waals surface area (Å²) < 4.78 is 46.5. The fraction of sp³-hybridized carbons (Fsp3) is 0.680. The van der Waals surface area contributed by atoms with Crippen LogP contribution in [0.15, 0.2) is 29.2 Å². The van der Waals surface area contributed by atoms with E-state index in [2.05, 4.69) is 0 Å². The van der Waals surface area contributed by atoms with Crippen LogP contribution in [0.1, 0.15) is 58.3 Å². The number of halogens is 1. The number of ether oxygens (including phenoxy) is 1. The number of rotatable bonds is 6. The first-order chi connectivity index (χ1) is 15.7. The summed E-state index contributed by atoms with van der Waals surface area (Å²) >= 11 is 0. The minimum atomic E-state index is -3.95. The highest BCUT2D eigenvalue weighted by Gasteiger charge is 2.55. The molecular weight excluding hydrogens is 445 g/mol. The van der Waals surface area contributed by atoms with Crippen molar-refractivity contribution in [2.75, 3.05) is 13.1 Å². The Hall–Kier alpha value is -1.80. The van der Waals surface area contributed by atoms with Crippen LogP contribution >= 0.6 is 0 Å². The molecule has 1 aromatic carbocycles. The quantitative estimate of drug-likeness (QED) is 0.580. The predicted octanol–water partition coefficient (Wildman–Crippen LogP) is 3.94. The molecule has 0 N–H and O–H groups in total. The zero-order chi connectivity index (χ0) is 23.4. The third-order valence-corrected chi connectivity index (χ3v) is 10.4. The van der Waals surface area contributed by atoms with Gasteiger partial charge in [-0.05, 0) is 88.2 Å². The Bertz CT molecular complexity index is 1010. The van der Waals surface area contributed by atoms with Crippen molar-refractivity contribution in [2.24, 2.45) is 29.1 Å². The SMILES string of the molecule is C[C@@H](OC(=O)C1CCN(S(=O)(=O)c2ccccc2F)CC1)C(=O)C12CC3CC(CC(C3)C1)C2. The molecule has 0 amide bonds. The first-order valence-corrected chi connectivity index (χ1v) is 13.6. The Morgan fingerprint density at radius 3 is 2.12 bits per heavy atom. The molecular formula is C25H32FNO5S. The van der Waals surface area contributed by atoms with Crippen LogP contribution in [0, 0.1) is 34.9 Å². The van der Waals surface area contributed by atoms with Gasteiger partial charge in [0.05, 0.1) is 5.92 Å². The maximum atomic E-state index is 14.0. The minimum absolute atomic E-state index is 0.0783. The number of sulfonamides is 1. The number of nitrogens with zero attached hydrogens (tertiary/aromatic N) is 1. The van der Waals surface area contributed by atoms with Crippen LogP contribution in [0.4, 0.5) is 4.39 Å². The molecule has 4 aliphatic carbocycles. The second-order valence-corrected chi connectivity index (χ2v) is 12.7. The van der Waals surface area contributed by atoms with E-state index in [1.807, 2.05) is 0 Å². The average molecular weight is 478 g/mol. The maximum absolute atomic E-state index is 14.0. The van der Waals surface area contributed by atoms with E-state index in [-0.39, 0.29) is 29.2 Å². The highest BCUT2D eigenvalue weighted by Crippen LogP contribution is 2.60. The maximum Gasteiger partial charge on any atom is 0.309 e. The molecule has 1 aromatic rings. The molecule has 0 unspecified atom stereocenters. The lowest BCUT2D eigenvalue weighted by Crippen LogP contribution is -2.53. The average Bonchev–Trinajstić information content (AvgIpc) is 2.78. The molecule has 180 valence electrons. The zero-order valence-corrected chi connectivity index (χ0v) is 19.9. The van der Waals surface area contributed by atoms with E-state index in [0.29, 0.717) is 30.6 Å². The van der Waals surface area contributed by atoms with E-state index in [4.69, 9.17) is 4.74 Å². The molecule has 0 spiro atoms. The Labute approximate surface area is 194 Å². The van der Waals surface area contributed by atoms with Gasteiger partial charge in [-0.2, -0.15) is 4.31 Å². The van der Waals surface area contributed by atoms with Crippen LogP contribution in [-0.2, 0) is 24.3 Å². The van der Waals surface area contributed by atoms with Gasteiger partial charge >= 0.3 is 5.97 Å². The highest BCUT2D eigenvalue weighted by atomic mass is 32.2. The van der Waals surface area contributed by atoms with E-state index >= 15 is 0 Å². The summed E-state index contributed by atoms with van der Waals surface area (Å²) in [5.41, 5.74) is -0.314. The second-order valence-electron chi connectivity index (χ2n) is 10.8. The van der Waals surface area contributed by atoms with Crippen molar-refractivity contribution in [3.05, 3.63) is 30.1 Å². The van der Waals surface area contributed by atoms with E-state index in [1.165, 1.54) is 41.8 Å². The molecule has 4 saturated carbocycles. The fourth-order valence-corrected chi connectivity index (χ4v) is 8.83. The number of carbonyl (C=O) groups excluding carboxylic acids is 2. The van der Waals surface area contributed by atoms with Crippen molar-refractivity contribution >= 4 is 21.8 Å². The van der Waals surface area contributed by atoms with Gasteiger partial charge < -0.3 is 4.74 Å². The number of Topliss-reactive ketones (excluding diaryl/α,β-unsaturated/α-hetero) is 1. The highest BCUT2D eigenvalue weighted by molar-refractivity contribution is 7.89. The predicted molar refractivity (Wildman–Crippen MR) is 119 cm³/mol. The van der Waals surface area contributed by atoms with Crippen LogP contribution in [0.25, 0.3) is 0 Å². The van der Waals surface area contributed by atoms with Gasteiger partial charge in [0.2, 0.25) is 10.0 Å². The number of ketones is 1. The van der Waals surface area contributed by atoms with Crippen LogP contribution in [0.5, 0.6) is 0 Å². The topological polar surface area (TPSA) is 80.8 Å². The number of benzene rings is 1. The molecule has 4 bridgehead atoms. The summed E-state index contributed by atoms with van der Waals surface area (Å²) in [5, 5.41) is 0. The van der Waals surface area contributed by atoms with Gasteiger partial charge in [-0.3, -0.25) is 9.59 Å². The van der Waals surface area contributed by atoms with Crippen molar-refractivity contribution < 1.29 is 27.1 Å². The van der Waals surface area contributed by atoms with Crippen molar-refractivity contribution in [3.63, 3.8) is 0 Å². The van der Waals surface area contributed by atoms with Gasteiger partial charge in [-0.1, -0.05) is 12.1 Å². The molecule has 0 aromatic heterocycles. The van der Waals surface area contributed by atoms with Gasteiger partial charge in [0.25, 0.3) is 0 Å². The van der Waals surface area contributed by atoms with Crippen molar-refractivity contribution in [3.8, 4) is 0 Å². The van der Waals surface area contributed by atoms with Crippen LogP contribution in [0.3, 0.4) is 0 Å². The molecule has 5 aliphatic rings. The molecule has 5 fully saturated rings. The normalized spacial score (nSPS) is 33.1. The largest absolute Gasteiger partial charge is 0.454 e. The van der Waals surface area contributed by atoms with Crippen molar-refractivity contribution in [2.45, 2.75) is 69.3 Å². The van der Waals surface area contributed by atoms with Crippen LogP contribution < -0.4 is 0 Å². The first-order valence-electron chi connectivity index (χ1n) is 12.2. The van der Waals surface area contributed by atoms with Crippen molar-refractivity contribution in [1.29, 1.82) is 0 Å². The van der Waals surface area contributed by atoms with Gasteiger partial charge in [-0.15, -0.1) is 0 Å². The van der Waals surface area contributed by atoms with Gasteiger partial charge in [0.1, 0.15) is 10.7 Å². The number of piperidine rings is 1. The fourth-order valence-electron chi connectivity index (χ4n) is 7.29. The van der Waals surface area contributed by atoms with E-state index in [1.54, 1.807) is 6.92 Å². The van der Waals surface area contributed by atoms with E-state index in [0.717, 1.165) is 25.3 Å². The Morgan fingerprint density at radius 2 is 1.58 bits per heavy atom. The second kappa shape index (κ2) is 8.45.